The molecule has 0 fully saturated rings. The molecule has 1 aliphatic heterocycles. The number of likely N-dealkylation sites (N-methyl/N-ethyl adjacent to an activating group) is 1. The van der Waals surface area contributed by atoms with Gasteiger partial charge in [-0.3, -0.25) is 9.48 Å². The summed E-state index contributed by atoms with van der Waals surface area (Å²) in [6.45, 7) is 6.07. The molecule has 2 heterocycles. The summed E-state index contributed by atoms with van der Waals surface area (Å²) in [5.41, 5.74) is 1.22. The number of carbonyl (C=O) groups is 2. The lowest BCUT2D eigenvalue weighted by Crippen LogP contribution is -2.44. The summed E-state index contributed by atoms with van der Waals surface area (Å²) in [6, 6.07) is 4.88. The largest absolute Gasteiger partial charge is 0.497 e. The Kier molecular flexibility index (Phi) is 10.5. The molecule has 2 bridgehead atoms. The quantitative estimate of drug-likeness (QED) is 0.573. The Morgan fingerprint density at radius 1 is 1.30 bits per heavy atom. The summed E-state index contributed by atoms with van der Waals surface area (Å²) in [5.74, 6) is 0.936. The third-order valence-electron chi connectivity index (χ3n) is 6.17. The fourth-order valence-electron chi connectivity index (χ4n) is 3.82. The minimum Gasteiger partial charge on any atom is -0.497 e. The van der Waals surface area contributed by atoms with Crippen LogP contribution in [0, 0.1) is 5.92 Å². The Labute approximate surface area is 217 Å². The monoisotopic (exact) mass is 518 g/mol. The topological polar surface area (TPSA) is 129 Å². The molecule has 0 radical (unpaired) electrons. The highest BCUT2D eigenvalue weighted by Gasteiger charge is 2.24. The van der Waals surface area contributed by atoms with Gasteiger partial charge in [0.05, 0.1) is 38.8 Å². The van der Waals surface area contributed by atoms with Crippen molar-refractivity contribution in [1.29, 1.82) is 0 Å². The molecule has 0 aliphatic carbocycles. The first-order chi connectivity index (χ1) is 17.8. The van der Waals surface area contributed by atoms with Crippen molar-refractivity contribution in [3.8, 4) is 11.5 Å². The predicted octanol–water partition coefficient (Wildman–Crippen LogP) is 2.30. The third-order valence-corrected chi connectivity index (χ3v) is 6.17. The van der Waals surface area contributed by atoms with Crippen molar-refractivity contribution in [2.75, 3.05) is 46.3 Å². The van der Waals surface area contributed by atoms with E-state index in [9.17, 15) is 9.59 Å². The van der Waals surface area contributed by atoms with E-state index in [0.717, 1.165) is 0 Å². The summed E-state index contributed by atoms with van der Waals surface area (Å²) in [4.78, 5) is 26.6. The molecular formula is C25H38N6O6. The van der Waals surface area contributed by atoms with Gasteiger partial charge in [0, 0.05) is 45.2 Å². The molecule has 1 aromatic carbocycles. The fourth-order valence-corrected chi connectivity index (χ4v) is 3.82. The summed E-state index contributed by atoms with van der Waals surface area (Å²) in [6.07, 6.45) is 2.45. The van der Waals surface area contributed by atoms with Crippen molar-refractivity contribution in [3.05, 3.63) is 30.1 Å². The number of anilines is 1. The number of fused-ring (bicyclic) bond motifs is 2. The van der Waals surface area contributed by atoms with E-state index in [-0.39, 0.29) is 43.3 Å². The molecule has 3 rings (SSSR count). The number of benzene rings is 1. The lowest BCUT2D eigenvalue weighted by atomic mass is 10.0. The van der Waals surface area contributed by atoms with E-state index in [1.165, 1.54) is 7.11 Å². The second-order valence-corrected chi connectivity index (χ2v) is 9.27. The third kappa shape index (κ3) is 8.60. The molecule has 2 aromatic rings. The van der Waals surface area contributed by atoms with Gasteiger partial charge in [0.2, 0.25) is 0 Å². The molecule has 37 heavy (non-hydrogen) atoms. The maximum atomic E-state index is 13.0. The van der Waals surface area contributed by atoms with E-state index in [1.807, 2.05) is 13.1 Å². The fraction of sp³-hybridized carbons (Fsp3) is 0.600. The van der Waals surface area contributed by atoms with Crippen LogP contribution in [0.25, 0.3) is 0 Å². The Morgan fingerprint density at radius 3 is 2.86 bits per heavy atom. The Morgan fingerprint density at radius 2 is 2.11 bits per heavy atom. The van der Waals surface area contributed by atoms with Gasteiger partial charge in [-0.05, 0) is 31.4 Å². The van der Waals surface area contributed by atoms with Crippen LogP contribution in [0.5, 0.6) is 11.5 Å². The van der Waals surface area contributed by atoms with Crippen LogP contribution in [-0.4, -0.2) is 85.0 Å². The van der Waals surface area contributed by atoms with E-state index in [1.54, 1.807) is 41.9 Å². The highest BCUT2D eigenvalue weighted by Crippen LogP contribution is 2.29. The lowest BCUT2D eigenvalue weighted by Gasteiger charge is -2.30. The first-order valence-electron chi connectivity index (χ1n) is 12.4. The van der Waals surface area contributed by atoms with Gasteiger partial charge in [-0.25, -0.2) is 4.79 Å². The molecule has 1 aliphatic rings. The normalized spacial score (nSPS) is 21.5. The number of urea groups is 1. The number of carbonyl (C=O) groups excluding carboxylic acids is 2. The number of cyclic esters (lactones) is 1. The SMILES string of the molecule is COc1ccc(NC(=O)N(C)C[C@@H]2OCc3cn(nn3)CCCC(=O)OC[C@H](C)NC[C@@H]2C)c(OC)c1. The Balaban J connectivity index is 1.68. The van der Waals surface area contributed by atoms with Crippen LogP contribution in [0.1, 0.15) is 32.4 Å². The number of methoxy groups -OCH3 is 2. The first kappa shape index (κ1) is 28.2. The molecule has 2 amide bonds. The minimum absolute atomic E-state index is 0.0174. The van der Waals surface area contributed by atoms with Crippen molar-refractivity contribution >= 4 is 17.7 Å². The zero-order valence-corrected chi connectivity index (χ0v) is 22.2. The van der Waals surface area contributed by atoms with E-state index in [2.05, 4.69) is 27.9 Å². The molecule has 0 saturated heterocycles. The molecule has 3 atom stereocenters. The number of nitrogens with zero attached hydrogens (tertiary/aromatic N) is 4. The Hall–Kier alpha value is -3.38. The molecule has 204 valence electrons. The minimum atomic E-state index is -0.300. The average Bonchev–Trinajstić information content (AvgIpc) is 3.35. The van der Waals surface area contributed by atoms with Gasteiger partial charge in [0.1, 0.15) is 23.8 Å². The van der Waals surface area contributed by atoms with Crippen LogP contribution in [0.2, 0.25) is 0 Å². The number of nitrogens with one attached hydrogen (secondary N) is 2. The maximum absolute atomic E-state index is 13.0. The number of amides is 2. The molecule has 1 aromatic heterocycles. The zero-order chi connectivity index (χ0) is 26.8. The van der Waals surface area contributed by atoms with Gasteiger partial charge in [0.25, 0.3) is 0 Å². The van der Waals surface area contributed by atoms with Gasteiger partial charge in [-0.15, -0.1) is 5.10 Å². The lowest BCUT2D eigenvalue weighted by molar-refractivity contribution is -0.144. The summed E-state index contributed by atoms with van der Waals surface area (Å²) in [5, 5.41) is 14.6. The predicted molar refractivity (Wildman–Crippen MR) is 137 cm³/mol. The number of esters is 1. The molecule has 12 nitrogen and oxygen atoms in total. The van der Waals surface area contributed by atoms with Gasteiger partial charge in [-0.2, -0.15) is 0 Å². The van der Waals surface area contributed by atoms with Crippen molar-refractivity contribution in [2.24, 2.45) is 5.92 Å². The van der Waals surface area contributed by atoms with Crippen molar-refractivity contribution < 1.29 is 28.5 Å². The second kappa shape index (κ2) is 13.8. The van der Waals surface area contributed by atoms with Crippen LogP contribution in [0.4, 0.5) is 10.5 Å². The van der Waals surface area contributed by atoms with Crippen LogP contribution in [-0.2, 0) is 27.4 Å². The molecule has 2 N–H and O–H groups in total. The molecule has 12 heteroatoms. The Bertz CT molecular complexity index is 1030. The molecule has 0 spiro atoms. The maximum Gasteiger partial charge on any atom is 0.321 e. The summed E-state index contributed by atoms with van der Waals surface area (Å²) in [7, 11) is 4.82. The van der Waals surface area contributed by atoms with Crippen molar-refractivity contribution in [2.45, 2.75) is 52.0 Å². The average molecular weight is 519 g/mol. The van der Waals surface area contributed by atoms with Crippen LogP contribution >= 0.6 is 0 Å². The number of ether oxygens (including phenoxy) is 4. The molecule has 0 saturated carbocycles. The first-order valence-corrected chi connectivity index (χ1v) is 12.4. The highest BCUT2D eigenvalue weighted by molar-refractivity contribution is 5.91. The standard InChI is InChI=1S/C25H38N6O6/c1-17-12-26-18(2)15-37-24(32)7-6-10-31-13-19(28-29-31)16-36-23(17)14-30(3)25(33)27-21-9-8-20(34-4)11-22(21)35-5/h8-9,11,13,17-18,23,26H,6-7,10,12,14-16H2,1-5H3,(H,27,33)/t17-,18-,23-/m0/s1. The van der Waals surface area contributed by atoms with Gasteiger partial charge in [0.15, 0.2) is 0 Å². The van der Waals surface area contributed by atoms with Gasteiger partial charge < -0.3 is 34.5 Å². The van der Waals surface area contributed by atoms with Crippen molar-refractivity contribution in [3.63, 3.8) is 0 Å². The smallest absolute Gasteiger partial charge is 0.321 e. The van der Waals surface area contributed by atoms with Crippen molar-refractivity contribution in [1.82, 2.24) is 25.2 Å². The molecular weight excluding hydrogens is 480 g/mol. The number of rotatable bonds is 5. The van der Waals surface area contributed by atoms with E-state index < -0.39 is 0 Å². The van der Waals surface area contributed by atoms with Gasteiger partial charge in [-0.1, -0.05) is 12.1 Å². The van der Waals surface area contributed by atoms with Crippen LogP contribution < -0.4 is 20.1 Å². The summed E-state index contributed by atoms with van der Waals surface area (Å²) < 4.78 is 23.9. The second-order valence-electron chi connectivity index (χ2n) is 9.27. The highest BCUT2D eigenvalue weighted by atomic mass is 16.5. The molecule has 0 unspecified atom stereocenters. The van der Waals surface area contributed by atoms with Gasteiger partial charge >= 0.3 is 12.0 Å². The number of hydrogen-bond donors (Lipinski definition) is 2. The zero-order valence-electron chi connectivity index (χ0n) is 22.2. The van der Waals surface area contributed by atoms with Crippen LogP contribution in [0.15, 0.2) is 24.4 Å². The van der Waals surface area contributed by atoms with E-state index in [4.69, 9.17) is 18.9 Å². The number of aromatic nitrogens is 3. The number of aryl methyl sites for hydroxylation is 1. The summed E-state index contributed by atoms with van der Waals surface area (Å²) >= 11 is 0. The van der Waals surface area contributed by atoms with E-state index in [0.29, 0.717) is 55.4 Å². The number of hydrogen-bond acceptors (Lipinski definition) is 9. The van der Waals surface area contributed by atoms with E-state index >= 15 is 0 Å². The van der Waals surface area contributed by atoms with Crippen LogP contribution in [0.3, 0.4) is 0 Å².